The van der Waals surface area contributed by atoms with E-state index in [9.17, 15) is 8.42 Å². The number of hydrogen-bond acceptors (Lipinski definition) is 4. The summed E-state index contributed by atoms with van der Waals surface area (Å²) < 4.78 is 37.9. The first-order valence-electron chi connectivity index (χ1n) is 3.32. The molecular formula is C7H9NaO5S. The number of ether oxygens (including phenoxy) is 1. The van der Waals surface area contributed by atoms with Crippen LogP contribution in [0.4, 0.5) is 0 Å². The van der Waals surface area contributed by atoms with Gasteiger partial charge in [-0.2, -0.15) is 8.42 Å². The zero-order valence-electron chi connectivity index (χ0n) is 8.80. The smallest absolute Gasteiger partial charge is 1.00 e. The van der Waals surface area contributed by atoms with Crippen molar-refractivity contribution in [1.82, 2.24) is 0 Å². The molecule has 0 saturated heterocycles. The quantitative estimate of drug-likeness (QED) is 0.478. The van der Waals surface area contributed by atoms with Gasteiger partial charge in [-0.3, -0.25) is 4.55 Å². The van der Waals surface area contributed by atoms with Crippen LogP contribution < -0.4 is 38.5 Å². The molecule has 74 valence electrons. The van der Waals surface area contributed by atoms with E-state index < -0.39 is 10.4 Å². The molecule has 0 unspecified atom stereocenters. The van der Waals surface area contributed by atoms with Crippen LogP contribution in [0.1, 0.15) is 1.43 Å². The Balaban J connectivity index is 0. The van der Waals surface area contributed by atoms with Gasteiger partial charge in [0, 0.05) is 6.07 Å². The van der Waals surface area contributed by atoms with Crippen molar-refractivity contribution in [3.63, 3.8) is 0 Å². The third kappa shape index (κ3) is 4.83. The van der Waals surface area contributed by atoms with Gasteiger partial charge in [0.15, 0.2) is 0 Å². The second-order valence-corrected chi connectivity index (χ2v) is 3.21. The average molecular weight is 228 g/mol. The summed E-state index contributed by atoms with van der Waals surface area (Å²) in [5.74, 6) is 0.447. The molecule has 0 aliphatic heterocycles. The van der Waals surface area contributed by atoms with Gasteiger partial charge >= 0.3 is 40.0 Å². The Bertz CT molecular complexity index is 394. The van der Waals surface area contributed by atoms with Gasteiger partial charge in [-0.25, -0.2) is 0 Å². The van der Waals surface area contributed by atoms with Crippen molar-refractivity contribution in [1.29, 1.82) is 0 Å². The topological polar surface area (TPSA) is 72.8 Å². The summed E-state index contributed by atoms with van der Waals surface area (Å²) in [5.41, 5.74) is 0. The molecule has 1 aromatic carbocycles. The Kier molecular flexibility index (Phi) is 5.46. The maximum atomic E-state index is 10.3. The van der Waals surface area contributed by atoms with Crippen LogP contribution in [0, 0.1) is 0 Å². The normalized spacial score (nSPS) is 10.1. The van der Waals surface area contributed by atoms with Gasteiger partial charge in [0.25, 0.3) is 0 Å². The molecule has 0 heterocycles. The Morgan fingerprint density at radius 3 is 2.43 bits per heavy atom. The fourth-order valence-electron chi connectivity index (χ4n) is 0.775. The van der Waals surface area contributed by atoms with E-state index >= 15 is 0 Å². The predicted molar refractivity (Wildman–Crippen MR) is 46.3 cm³/mol. The van der Waals surface area contributed by atoms with E-state index in [-0.39, 0.29) is 36.7 Å². The third-order valence-corrected chi connectivity index (χ3v) is 1.65. The zero-order valence-corrected chi connectivity index (χ0v) is 10.6. The molecule has 0 atom stereocenters. The van der Waals surface area contributed by atoms with Gasteiger partial charge < -0.3 is 10.3 Å². The predicted octanol–water partition coefficient (Wildman–Crippen LogP) is -2.01. The van der Waals surface area contributed by atoms with E-state index in [0.29, 0.717) is 5.75 Å². The Hall–Kier alpha value is -0.270. The molecule has 0 spiro atoms. The van der Waals surface area contributed by atoms with Crippen LogP contribution in [0.5, 0.6) is 11.5 Å². The molecule has 0 amide bonds. The molecule has 14 heavy (non-hydrogen) atoms. The molecule has 0 radical (unpaired) electrons. The first-order chi connectivity index (χ1) is 6.01. The van der Waals surface area contributed by atoms with E-state index in [2.05, 4.69) is 4.18 Å². The van der Waals surface area contributed by atoms with Crippen LogP contribution in [0.2, 0.25) is 0 Å². The minimum Gasteiger partial charge on any atom is -1.00 e. The molecule has 0 aromatic heterocycles. The molecule has 0 aliphatic carbocycles. The molecule has 1 N–H and O–H groups in total. The van der Waals surface area contributed by atoms with Gasteiger partial charge in [-0.1, -0.05) is 6.07 Å². The summed E-state index contributed by atoms with van der Waals surface area (Å²) in [6.07, 6.45) is 0. The monoisotopic (exact) mass is 228 g/mol. The van der Waals surface area contributed by atoms with Crippen LogP contribution in [0.15, 0.2) is 24.3 Å². The molecule has 5 nitrogen and oxygen atoms in total. The summed E-state index contributed by atoms with van der Waals surface area (Å²) in [4.78, 5) is 0. The van der Waals surface area contributed by atoms with E-state index in [1.807, 2.05) is 0 Å². The molecule has 1 aromatic rings. The van der Waals surface area contributed by atoms with Gasteiger partial charge in [0.2, 0.25) is 0 Å². The molecule has 7 heteroatoms. The number of hydrogen-bond donors (Lipinski definition) is 1. The molecule has 0 saturated carbocycles. The minimum absolute atomic E-state index is 0. The Morgan fingerprint density at radius 1 is 1.36 bits per heavy atom. The van der Waals surface area contributed by atoms with Gasteiger partial charge in [-0.15, -0.1) is 0 Å². The first-order valence-corrected chi connectivity index (χ1v) is 4.69. The van der Waals surface area contributed by atoms with Crippen molar-refractivity contribution in [2.24, 2.45) is 0 Å². The van der Waals surface area contributed by atoms with E-state index in [0.717, 1.165) is 0 Å². The van der Waals surface area contributed by atoms with Crippen LogP contribution in [0.3, 0.4) is 0 Å². The van der Waals surface area contributed by atoms with Crippen molar-refractivity contribution < 1.29 is 52.9 Å². The number of rotatable bonds is 3. The van der Waals surface area contributed by atoms with Crippen LogP contribution >= 0.6 is 0 Å². The zero-order chi connectivity index (χ0) is 9.90. The molecule has 1 rings (SSSR count). The van der Waals surface area contributed by atoms with Crippen molar-refractivity contribution in [2.45, 2.75) is 0 Å². The summed E-state index contributed by atoms with van der Waals surface area (Å²) in [5, 5.41) is 0. The van der Waals surface area contributed by atoms with Gasteiger partial charge in [-0.05, 0) is 12.1 Å². The van der Waals surface area contributed by atoms with Crippen LogP contribution in [-0.4, -0.2) is 20.1 Å². The van der Waals surface area contributed by atoms with Crippen LogP contribution in [0.25, 0.3) is 0 Å². The summed E-state index contributed by atoms with van der Waals surface area (Å²) in [6, 6.07) is 5.89. The van der Waals surface area contributed by atoms with Gasteiger partial charge in [0.1, 0.15) is 11.5 Å². The fraction of sp³-hybridized carbons (Fsp3) is 0.143. The largest absolute Gasteiger partial charge is 1.00 e. The van der Waals surface area contributed by atoms with Gasteiger partial charge in [0.05, 0.1) is 7.11 Å². The number of methoxy groups -OCH3 is 1. The fourth-order valence-corrected chi connectivity index (χ4v) is 1.12. The second kappa shape index (κ2) is 5.57. The summed E-state index contributed by atoms with van der Waals surface area (Å²) in [7, 11) is -3.02. The van der Waals surface area contributed by atoms with Crippen molar-refractivity contribution in [3.8, 4) is 11.5 Å². The number of benzene rings is 1. The first kappa shape index (κ1) is 13.7. The maximum Gasteiger partial charge on any atom is 1.00 e. The van der Waals surface area contributed by atoms with E-state index in [1.165, 1.54) is 19.2 Å². The molecule has 0 fully saturated rings. The molecule has 0 bridgehead atoms. The Labute approximate surface area is 106 Å². The minimum atomic E-state index is -4.46. The summed E-state index contributed by atoms with van der Waals surface area (Å²) in [6.45, 7) is 0. The van der Waals surface area contributed by atoms with Crippen molar-refractivity contribution >= 4 is 10.4 Å². The van der Waals surface area contributed by atoms with E-state index in [1.54, 1.807) is 12.1 Å². The van der Waals surface area contributed by atoms with Crippen molar-refractivity contribution in [2.75, 3.05) is 7.11 Å². The van der Waals surface area contributed by atoms with Crippen molar-refractivity contribution in [3.05, 3.63) is 24.3 Å². The Morgan fingerprint density at radius 2 is 1.93 bits per heavy atom. The second-order valence-electron chi connectivity index (χ2n) is 2.19. The standard InChI is InChI=1S/C7H8O5S.Na.H/c1-11-6-3-2-4-7(5-6)12-13(8,9)10;;/h2-5H,1H3,(H,8,9,10);;/q;+1;-1. The molecular weight excluding hydrogens is 219 g/mol. The van der Waals surface area contributed by atoms with E-state index in [4.69, 9.17) is 9.29 Å². The average Bonchev–Trinajstić information content (AvgIpc) is 2.01. The maximum absolute atomic E-state index is 10.3. The summed E-state index contributed by atoms with van der Waals surface area (Å²) >= 11 is 0. The third-order valence-electron chi connectivity index (χ3n) is 1.24. The SMILES string of the molecule is COc1cccc(OS(=O)(=O)O)c1.[H-].[Na+]. The molecule has 0 aliphatic rings. The van der Waals surface area contributed by atoms with Crippen LogP contribution in [-0.2, 0) is 10.4 Å².